The maximum absolute atomic E-state index is 11.3. The van der Waals surface area contributed by atoms with Gasteiger partial charge in [0.05, 0.1) is 0 Å². The molecule has 14 heavy (non-hydrogen) atoms. The lowest BCUT2D eigenvalue weighted by Gasteiger charge is -2.02. The van der Waals surface area contributed by atoms with Crippen LogP contribution in [0.15, 0.2) is 18.3 Å². The summed E-state index contributed by atoms with van der Waals surface area (Å²) < 4.78 is 1.06. The van der Waals surface area contributed by atoms with E-state index >= 15 is 0 Å². The highest BCUT2D eigenvalue weighted by molar-refractivity contribution is 14.1. The molecular formula is C9H11IN2OS. The molecule has 3 nitrogen and oxygen atoms in total. The van der Waals surface area contributed by atoms with Gasteiger partial charge in [-0.25, -0.2) is 4.98 Å². The molecule has 0 aliphatic carbocycles. The van der Waals surface area contributed by atoms with Crippen molar-refractivity contribution in [2.24, 2.45) is 0 Å². The summed E-state index contributed by atoms with van der Waals surface area (Å²) >= 11 is 3.83. The first kappa shape index (κ1) is 11.8. The largest absolute Gasteiger partial charge is 0.311 e. The zero-order valence-electron chi connectivity index (χ0n) is 7.79. The molecule has 0 spiro atoms. The number of hydrogen-bond acceptors (Lipinski definition) is 3. The molecule has 0 unspecified atom stereocenters. The molecule has 0 aliphatic heterocycles. The first-order valence-corrected chi connectivity index (χ1v) is 6.60. The van der Waals surface area contributed by atoms with Gasteiger partial charge in [-0.3, -0.25) is 4.79 Å². The average molecular weight is 322 g/mol. The summed E-state index contributed by atoms with van der Waals surface area (Å²) in [5.41, 5.74) is 0. The van der Waals surface area contributed by atoms with Crippen LogP contribution in [0.25, 0.3) is 0 Å². The van der Waals surface area contributed by atoms with E-state index in [1.54, 1.807) is 24.0 Å². The monoisotopic (exact) mass is 322 g/mol. The summed E-state index contributed by atoms with van der Waals surface area (Å²) in [6.45, 7) is 0. The zero-order chi connectivity index (χ0) is 10.4. The van der Waals surface area contributed by atoms with Crippen LogP contribution in [0.2, 0.25) is 0 Å². The van der Waals surface area contributed by atoms with Gasteiger partial charge in [0.1, 0.15) is 5.82 Å². The second kappa shape index (κ2) is 6.23. The summed E-state index contributed by atoms with van der Waals surface area (Å²) in [6, 6.07) is 3.72. The molecule has 1 amide bonds. The third-order valence-corrected chi connectivity index (χ3v) is 2.78. The van der Waals surface area contributed by atoms with Gasteiger partial charge in [-0.05, 0) is 41.0 Å². The Morgan fingerprint density at radius 3 is 3.00 bits per heavy atom. The number of hydrogen-bond donors (Lipinski definition) is 1. The van der Waals surface area contributed by atoms with Crippen LogP contribution in [0.4, 0.5) is 5.82 Å². The number of thioether (sulfide) groups is 1. The van der Waals surface area contributed by atoms with Gasteiger partial charge < -0.3 is 5.32 Å². The third-order valence-electron chi connectivity index (χ3n) is 1.53. The van der Waals surface area contributed by atoms with Gasteiger partial charge >= 0.3 is 0 Å². The Bertz CT molecular complexity index is 302. The normalized spacial score (nSPS) is 9.86. The first-order chi connectivity index (χ1) is 6.72. The van der Waals surface area contributed by atoms with Crippen LogP contribution in [0.5, 0.6) is 0 Å². The predicted molar refractivity (Wildman–Crippen MR) is 68.6 cm³/mol. The van der Waals surface area contributed by atoms with Crippen LogP contribution in [-0.4, -0.2) is 22.9 Å². The number of carbonyl (C=O) groups excluding carboxylic acids is 1. The van der Waals surface area contributed by atoms with Gasteiger partial charge in [0.15, 0.2) is 0 Å². The van der Waals surface area contributed by atoms with E-state index in [1.807, 2.05) is 12.3 Å². The van der Waals surface area contributed by atoms with Gasteiger partial charge in [0, 0.05) is 21.9 Å². The van der Waals surface area contributed by atoms with Gasteiger partial charge in [0.25, 0.3) is 0 Å². The quantitative estimate of drug-likeness (QED) is 0.866. The minimum atomic E-state index is 0.0214. The minimum Gasteiger partial charge on any atom is -0.311 e. The van der Waals surface area contributed by atoms with Crippen molar-refractivity contribution in [3.63, 3.8) is 0 Å². The SMILES string of the molecule is CSCCC(=O)Nc1ccc(I)cn1. The average Bonchev–Trinajstić information content (AvgIpc) is 2.18. The summed E-state index contributed by atoms with van der Waals surface area (Å²) in [5, 5.41) is 2.74. The van der Waals surface area contributed by atoms with Crippen LogP contribution in [0.1, 0.15) is 6.42 Å². The van der Waals surface area contributed by atoms with Crippen LogP contribution < -0.4 is 5.32 Å². The molecule has 0 aromatic carbocycles. The fourth-order valence-corrected chi connectivity index (χ4v) is 1.56. The lowest BCUT2D eigenvalue weighted by atomic mass is 10.4. The lowest BCUT2D eigenvalue weighted by molar-refractivity contribution is -0.115. The highest BCUT2D eigenvalue weighted by Gasteiger charge is 2.01. The van der Waals surface area contributed by atoms with E-state index in [2.05, 4.69) is 32.9 Å². The van der Waals surface area contributed by atoms with E-state index in [0.29, 0.717) is 12.2 Å². The molecule has 0 bridgehead atoms. The summed E-state index contributed by atoms with van der Waals surface area (Å²) in [4.78, 5) is 15.4. The summed E-state index contributed by atoms with van der Waals surface area (Å²) in [5.74, 6) is 1.49. The third kappa shape index (κ3) is 4.28. The standard InChI is InChI=1S/C9H11IN2OS/c1-14-5-4-9(13)12-8-3-2-7(10)6-11-8/h2-3,6H,4-5H2,1H3,(H,11,12,13). The zero-order valence-corrected chi connectivity index (χ0v) is 10.8. The Morgan fingerprint density at radius 2 is 2.43 bits per heavy atom. The van der Waals surface area contributed by atoms with Crippen LogP contribution in [0.3, 0.4) is 0 Å². The molecule has 1 N–H and O–H groups in total. The Hall–Kier alpha value is -0.300. The molecule has 0 fully saturated rings. The van der Waals surface area contributed by atoms with Crippen LogP contribution >= 0.6 is 34.4 Å². The van der Waals surface area contributed by atoms with E-state index in [-0.39, 0.29) is 5.91 Å². The number of anilines is 1. The molecule has 0 radical (unpaired) electrons. The number of aromatic nitrogens is 1. The number of pyridine rings is 1. The first-order valence-electron chi connectivity index (χ1n) is 4.12. The lowest BCUT2D eigenvalue weighted by Crippen LogP contribution is -2.13. The number of carbonyl (C=O) groups is 1. The van der Waals surface area contributed by atoms with Crippen molar-refractivity contribution >= 4 is 46.1 Å². The Labute approximate surface area is 101 Å². The maximum atomic E-state index is 11.3. The molecule has 1 heterocycles. The number of nitrogens with zero attached hydrogens (tertiary/aromatic N) is 1. The summed E-state index contributed by atoms with van der Waals surface area (Å²) in [6.07, 6.45) is 4.25. The topological polar surface area (TPSA) is 42.0 Å². The van der Waals surface area contributed by atoms with Crippen molar-refractivity contribution in [2.75, 3.05) is 17.3 Å². The molecule has 76 valence electrons. The highest BCUT2D eigenvalue weighted by atomic mass is 127. The van der Waals surface area contributed by atoms with E-state index in [1.165, 1.54) is 0 Å². The number of halogens is 1. The van der Waals surface area contributed by atoms with Crippen molar-refractivity contribution in [3.05, 3.63) is 21.9 Å². The van der Waals surface area contributed by atoms with E-state index in [0.717, 1.165) is 9.32 Å². The highest BCUT2D eigenvalue weighted by Crippen LogP contribution is 2.07. The predicted octanol–water partition coefficient (Wildman–Crippen LogP) is 2.38. The summed E-state index contributed by atoms with van der Waals surface area (Å²) in [7, 11) is 0. The second-order valence-electron chi connectivity index (χ2n) is 2.65. The maximum Gasteiger partial charge on any atom is 0.226 e. The van der Waals surface area contributed by atoms with Crippen molar-refractivity contribution < 1.29 is 4.79 Å². The van der Waals surface area contributed by atoms with E-state index in [9.17, 15) is 4.79 Å². The van der Waals surface area contributed by atoms with Crippen LogP contribution in [-0.2, 0) is 4.79 Å². The van der Waals surface area contributed by atoms with Crippen molar-refractivity contribution in [1.82, 2.24) is 4.98 Å². The molecule has 5 heteroatoms. The van der Waals surface area contributed by atoms with E-state index in [4.69, 9.17) is 0 Å². The molecule has 1 aromatic rings. The van der Waals surface area contributed by atoms with Crippen LogP contribution in [0, 0.1) is 3.57 Å². The molecule has 1 aromatic heterocycles. The van der Waals surface area contributed by atoms with Gasteiger partial charge in [0.2, 0.25) is 5.91 Å². The fraction of sp³-hybridized carbons (Fsp3) is 0.333. The molecule has 1 rings (SSSR count). The Morgan fingerprint density at radius 1 is 1.64 bits per heavy atom. The van der Waals surface area contributed by atoms with Gasteiger partial charge in [-0.15, -0.1) is 0 Å². The number of amides is 1. The van der Waals surface area contributed by atoms with Gasteiger partial charge in [-0.2, -0.15) is 11.8 Å². The molecule has 0 saturated heterocycles. The van der Waals surface area contributed by atoms with Gasteiger partial charge in [-0.1, -0.05) is 0 Å². The molecule has 0 aliphatic rings. The Balaban J connectivity index is 2.44. The molecule has 0 saturated carbocycles. The molecule has 0 atom stereocenters. The van der Waals surface area contributed by atoms with E-state index < -0.39 is 0 Å². The minimum absolute atomic E-state index is 0.0214. The smallest absolute Gasteiger partial charge is 0.226 e. The van der Waals surface area contributed by atoms with Crippen molar-refractivity contribution in [3.8, 4) is 0 Å². The van der Waals surface area contributed by atoms with Crippen molar-refractivity contribution in [1.29, 1.82) is 0 Å². The fourth-order valence-electron chi connectivity index (χ4n) is 0.850. The Kier molecular flexibility index (Phi) is 5.24. The number of nitrogens with one attached hydrogen (secondary N) is 1. The number of rotatable bonds is 4. The van der Waals surface area contributed by atoms with Crippen molar-refractivity contribution in [2.45, 2.75) is 6.42 Å². The second-order valence-corrected chi connectivity index (χ2v) is 4.88. The molecular weight excluding hydrogens is 311 g/mol.